The van der Waals surface area contributed by atoms with E-state index in [1.807, 2.05) is 11.6 Å². The van der Waals surface area contributed by atoms with Gasteiger partial charge in [-0.1, -0.05) is 36.3 Å². The molecule has 0 saturated heterocycles. The van der Waals surface area contributed by atoms with Crippen LogP contribution in [0.3, 0.4) is 0 Å². The van der Waals surface area contributed by atoms with E-state index < -0.39 is 25.9 Å². The van der Waals surface area contributed by atoms with Crippen LogP contribution in [0.5, 0.6) is 0 Å². The van der Waals surface area contributed by atoms with Crippen LogP contribution in [0, 0.1) is 22.3 Å². The van der Waals surface area contributed by atoms with Gasteiger partial charge in [-0.2, -0.15) is 4.39 Å². The standard InChI is InChI=1S/C18H21ClF3N3O2S2/c1-2-11(7-18(10-20)3-4-18)8-23-14-6-13(21)15(5-12(14)19)29(26,27)25-17-24-9-16(22)28-17/h5-6,9,11,23H,2-4,7-8,10H2,1H3,(H,24,25)/t11-/m0/s1. The van der Waals surface area contributed by atoms with Crippen LogP contribution >= 0.6 is 22.9 Å². The van der Waals surface area contributed by atoms with Gasteiger partial charge < -0.3 is 5.32 Å². The fourth-order valence-corrected chi connectivity index (χ4v) is 5.31. The Hall–Kier alpha value is -1.52. The Morgan fingerprint density at radius 2 is 2.07 bits per heavy atom. The highest BCUT2D eigenvalue weighted by Gasteiger charge is 2.43. The zero-order chi connectivity index (χ0) is 21.2. The lowest BCUT2D eigenvalue weighted by molar-refractivity contribution is 0.277. The molecule has 0 radical (unpaired) electrons. The van der Waals surface area contributed by atoms with Crippen molar-refractivity contribution in [2.24, 2.45) is 11.3 Å². The van der Waals surface area contributed by atoms with Crippen LogP contribution in [0.1, 0.15) is 32.6 Å². The van der Waals surface area contributed by atoms with Gasteiger partial charge in [0.15, 0.2) is 10.3 Å². The third kappa shape index (κ3) is 5.35. The lowest BCUT2D eigenvalue weighted by Gasteiger charge is -2.21. The Bertz CT molecular complexity index is 981. The number of benzene rings is 1. The molecule has 1 heterocycles. The molecule has 29 heavy (non-hydrogen) atoms. The van der Waals surface area contributed by atoms with E-state index >= 15 is 0 Å². The lowest BCUT2D eigenvalue weighted by atomic mass is 9.91. The van der Waals surface area contributed by atoms with E-state index in [9.17, 15) is 21.6 Å². The fourth-order valence-electron chi connectivity index (χ4n) is 3.14. The van der Waals surface area contributed by atoms with Crippen LogP contribution in [0.4, 0.5) is 24.0 Å². The molecule has 2 aromatic rings. The van der Waals surface area contributed by atoms with Crippen molar-refractivity contribution in [2.75, 3.05) is 23.3 Å². The number of hydrogen-bond donors (Lipinski definition) is 2. The van der Waals surface area contributed by atoms with Gasteiger partial charge in [0, 0.05) is 6.54 Å². The van der Waals surface area contributed by atoms with Gasteiger partial charge in [-0.05, 0) is 42.7 Å². The lowest BCUT2D eigenvalue weighted by Crippen LogP contribution is -2.20. The maximum Gasteiger partial charge on any atom is 0.266 e. The highest BCUT2D eigenvalue weighted by Crippen LogP contribution is 2.51. The second kappa shape index (κ2) is 8.69. The molecule has 3 rings (SSSR count). The maximum absolute atomic E-state index is 14.5. The van der Waals surface area contributed by atoms with Crippen molar-refractivity contribution in [2.45, 2.75) is 37.5 Å². The summed E-state index contributed by atoms with van der Waals surface area (Å²) in [7, 11) is -4.32. The molecule has 0 bridgehead atoms. The summed E-state index contributed by atoms with van der Waals surface area (Å²) in [5.41, 5.74) is 0.0444. The average Bonchev–Trinajstić information content (AvgIpc) is 3.34. The van der Waals surface area contributed by atoms with Gasteiger partial charge in [0.1, 0.15) is 10.7 Å². The van der Waals surface area contributed by atoms with Gasteiger partial charge in [-0.15, -0.1) is 0 Å². The predicted octanol–water partition coefficient (Wildman–Crippen LogP) is 5.45. The van der Waals surface area contributed by atoms with Crippen molar-refractivity contribution in [3.8, 4) is 0 Å². The zero-order valence-electron chi connectivity index (χ0n) is 15.6. The van der Waals surface area contributed by atoms with Crippen molar-refractivity contribution >= 4 is 43.8 Å². The largest absolute Gasteiger partial charge is 0.383 e. The minimum absolute atomic E-state index is 0.0265. The van der Waals surface area contributed by atoms with E-state index in [0.29, 0.717) is 17.9 Å². The van der Waals surface area contributed by atoms with E-state index in [-0.39, 0.29) is 33.8 Å². The molecule has 0 aliphatic heterocycles. The quantitative estimate of drug-likeness (QED) is 0.487. The number of anilines is 2. The smallest absolute Gasteiger partial charge is 0.266 e. The summed E-state index contributed by atoms with van der Waals surface area (Å²) in [6, 6.07) is 2.00. The Morgan fingerprint density at radius 3 is 2.62 bits per heavy atom. The van der Waals surface area contributed by atoms with Crippen LogP contribution in [0.15, 0.2) is 23.2 Å². The van der Waals surface area contributed by atoms with Gasteiger partial charge in [0.25, 0.3) is 10.0 Å². The first-order valence-electron chi connectivity index (χ1n) is 9.11. The van der Waals surface area contributed by atoms with Crippen LogP contribution in [-0.2, 0) is 10.0 Å². The molecule has 1 aromatic heterocycles. The number of alkyl halides is 1. The molecule has 0 spiro atoms. The molecule has 0 amide bonds. The first-order valence-corrected chi connectivity index (χ1v) is 11.8. The van der Waals surface area contributed by atoms with Crippen molar-refractivity contribution in [1.82, 2.24) is 4.98 Å². The number of thiazole rings is 1. The van der Waals surface area contributed by atoms with Crippen LogP contribution in [0.25, 0.3) is 0 Å². The summed E-state index contributed by atoms with van der Waals surface area (Å²) in [6.07, 6.45) is 4.21. The number of hydrogen-bond acceptors (Lipinski definition) is 5. The van der Waals surface area contributed by atoms with Crippen LogP contribution < -0.4 is 10.0 Å². The molecule has 2 N–H and O–H groups in total. The second-order valence-electron chi connectivity index (χ2n) is 7.33. The fraction of sp³-hybridized carbons (Fsp3) is 0.500. The van der Waals surface area contributed by atoms with Gasteiger partial charge >= 0.3 is 0 Å². The predicted molar refractivity (Wildman–Crippen MR) is 109 cm³/mol. The Balaban J connectivity index is 1.71. The number of nitrogens with zero attached hydrogens (tertiary/aromatic N) is 1. The molecular formula is C18H21ClF3N3O2S2. The van der Waals surface area contributed by atoms with Gasteiger partial charge in [0.05, 0.1) is 23.6 Å². The number of aromatic nitrogens is 1. The molecule has 0 unspecified atom stereocenters. The van der Waals surface area contributed by atoms with Crippen molar-refractivity contribution in [1.29, 1.82) is 0 Å². The monoisotopic (exact) mass is 467 g/mol. The summed E-state index contributed by atoms with van der Waals surface area (Å²) in [5, 5.41) is 2.18. The Morgan fingerprint density at radius 1 is 1.34 bits per heavy atom. The highest BCUT2D eigenvalue weighted by atomic mass is 35.5. The molecule has 5 nitrogen and oxygen atoms in total. The van der Waals surface area contributed by atoms with Gasteiger partial charge in [-0.3, -0.25) is 9.11 Å². The molecule has 1 aliphatic carbocycles. The summed E-state index contributed by atoms with van der Waals surface area (Å²) in [5.74, 6) is -0.811. The summed E-state index contributed by atoms with van der Waals surface area (Å²) >= 11 is 6.64. The number of halogens is 4. The third-order valence-corrected chi connectivity index (χ3v) is 7.63. The van der Waals surface area contributed by atoms with E-state index in [1.54, 1.807) is 0 Å². The molecule has 11 heteroatoms. The highest BCUT2D eigenvalue weighted by molar-refractivity contribution is 7.93. The summed E-state index contributed by atoms with van der Waals surface area (Å²) < 4.78 is 67.5. The van der Waals surface area contributed by atoms with Crippen molar-refractivity contribution in [3.63, 3.8) is 0 Å². The number of nitrogens with one attached hydrogen (secondary N) is 2. The minimum Gasteiger partial charge on any atom is -0.383 e. The molecule has 1 atom stereocenters. The minimum atomic E-state index is -4.32. The normalized spacial score (nSPS) is 16.4. The molecule has 1 saturated carbocycles. The van der Waals surface area contributed by atoms with E-state index in [4.69, 9.17) is 11.6 Å². The van der Waals surface area contributed by atoms with Crippen LogP contribution in [0.2, 0.25) is 5.02 Å². The Labute approximate surface area is 176 Å². The van der Waals surface area contributed by atoms with Crippen molar-refractivity contribution < 1.29 is 21.6 Å². The van der Waals surface area contributed by atoms with E-state index in [2.05, 4.69) is 10.3 Å². The average molecular weight is 468 g/mol. The SMILES string of the molecule is CC[C@H](CNc1cc(F)c(S(=O)(=O)Nc2ncc(F)s2)cc1Cl)CC1(CF)CC1. The number of rotatable bonds is 10. The van der Waals surface area contributed by atoms with Crippen LogP contribution in [-0.4, -0.2) is 26.6 Å². The maximum atomic E-state index is 14.5. The van der Waals surface area contributed by atoms with E-state index in [0.717, 1.165) is 44.0 Å². The summed E-state index contributed by atoms with van der Waals surface area (Å²) in [4.78, 5) is 2.89. The molecule has 160 valence electrons. The summed E-state index contributed by atoms with van der Waals surface area (Å²) in [6.45, 7) is 2.15. The van der Waals surface area contributed by atoms with Crippen molar-refractivity contribution in [3.05, 3.63) is 34.3 Å². The third-order valence-electron chi connectivity index (χ3n) is 5.13. The molecule has 1 aromatic carbocycles. The zero-order valence-corrected chi connectivity index (χ0v) is 18.0. The van der Waals surface area contributed by atoms with E-state index in [1.165, 1.54) is 0 Å². The first-order chi connectivity index (χ1) is 13.7. The topological polar surface area (TPSA) is 71.1 Å². The second-order valence-corrected chi connectivity index (χ2v) is 10.4. The molecular weight excluding hydrogens is 447 g/mol. The van der Waals surface area contributed by atoms with Gasteiger partial charge in [-0.25, -0.2) is 17.8 Å². The molecule has 1 fully saturated rings. The first kappa shape index (κ1) is 22.2. The Kier molecular flexibility index (Phi) is 6.64. The molecule has 1 aliphatic rings. The van der Waals surface area contributed by atoms with Gasteiger partial charge in [0.2, 0.25) is 0 Å². The number of sulfonamides is 1.